The van der Waals surface area contributed by atoms with Crippen molar-refractivity contribution in [3.8, 4) is 0 Å². The Labute approximate surface area is 154 Å². The first kappa shape index (κ1) is 17.0. The van der Waals surface area contributed by atoms with E-state index in [-0.39, 0.29) is 0 Å². The smallest absolute Gasteiger partial charge is 0.132 e. The predicted molar refractivity (Wildman–Crippen MR) is 104 cm³/mol. The highest BCUT2D eigenvalue weighted by atomic mass is 15.2. The number of para-hydroxylation sites is 2. The van der Waals surface area contributed by atoms with Crippen LogP contribution >= 0.6 is 0 Å². The molecule has 26 heavy (non-hydrogen) atoms. The average Bonchev–Trinajstić information content (AvgIpc) is 3.20. The molecule has 0 N–H and O–H groups in total. The third-order valence-electron chi connectivity index (χ3n) is 5.23. The molecule has 0 aliphatic carbocycles. The molecule has 1 atom stereocenters. The molecule has 4 rings (SSSR count). The van der Waals surface area contributed by atoms with E-state index < -0.39 is 0 Å². The van der Waals surface area contributed by atoms with Gasteiger partial charge in [0.15, 0.2) is 0 Å². The SMILES string of the molecule is Cc1nc([C@@H]2CCCN2Cc2nc3ccccc3n2C)cc(N(C)C)n1. The minimum atomic E-state index is 0.329. The lowest BCUT2D eigenvalue weighted by Gasteiger charge is -2.25. The van der Waals surface area contributed by atoms with Crippen LogP contribution < -0.4 is 4.90 Å². The second kappa shape index (κ2) is 6.68. The minimum absolute atomic E-state index is 0.329. The molecule has 1 saturated heterocycles. The topological polar surface area (TPSA) is 50.1 Å². The Morgan fingerprint density at radius 2 is 1.96 bits per heavy atom. The van der Waals surface area contributed by atoms with Crippen LogP contribution in [0.1, 0.15) is 36.2 Å². The number of hydrogen-bond donors (Lipinski definition) is 0. The molecule has 2 aromatic heterocycles. The Balaban J connectivity index is 1.63. The molecule has 3 aromatic rings. The van der Waals surface area contributed by atoms with Crippen molar-refractivity contribution in [3.63, 3.8) is 0 Å². The lowest BCUT2D eigenvalue weighted by molar-refractivity contribution is 0.236. The lowest BCUT2D eigenvalue weighted by Crippen LogP contribution is -2.25. The van der Waals surface area contributed by atoms with E-state index in [1.54, 1.807) is 0 Å². The quantitative estimate of drug-likeness (QED) is 0.724. The molecule has 0 radical (unpaired) electrons. The van der Waals surface area contributed by atoms with Crippen LogP contribution in [0.4, 0.5) is 5.82 Å². The van der Waals surface area contributed by atoms with Gasteiger partial charge in [0.05, 0.1) is 29.3 Å². The van der Waals surface area contributed by atoms with Crippen LogP contribution in [0.2, 0.25) is 0 Å². The van der Waals surface area contributed by atoms with Gasteiger partial charge >= 0.3 is 0 Å². The fraction of sp³-hybridized carbons (Fsp3) is 0.450. The number of fused-ring (bicyclic) bond motifs is 1. The van der Waals surface area contributed by atoms with Gasteiger partial charge in [-0.25, -0.2) is 15.0 Å². The zero-order valence-electron chi connectivity index (χ0n) is 16.0. The Hall–Kier alpha value is -2.47. The van der Waals surface area contributed by atoms with Gasteiger partial charge in [0.25, 0.3) is 0 Å². The molecular weight excluding hydrogens is 324 g/mol. The fourth-order valence-electron chi connectivity index (χ4n) is 3.84. The summed E-state index contributed by atoms with van der Waals surface area (Å²) in [6.07, 6.45) is 2.32. The van der Waals surface area contributed by atoms with Gasteiger partial charge in [-0.2, -0.15) is 0 Å². The largest absolute Gasteiger partial charge is 0.363 e. The first-order valence-corrected chi connectivity index (χ1v) is 9.20. The van der Waals surface area contributed by atoms with Gasteiger partial charge in [0, 0.05) is 27.2 Å². The number of nitrogens with zero attached hydrogens (tertiary/aromatic N) is 6. The zero-order valence-corrected chi connectivity index (χ0v) is 16.0. The van der Waals surface area contributed by atoms with Crippen molar-refractivity contribution in [1.29, 1.82) is 0 Å². The summed E-state index contributed by atoms with van der Waals surface area (Å²) >= 11 is 0. The van der Waals surface area contributed by atoms with Gasteiger partial charge < -0.3 is 9.47 Å². The maximum atomic E-state index is 4.85. The van der Waals surface area contributed by atoms with Crippen LogP contribution in [0.15, 0.2) is 30.3 Å². The van der Waals surface area contributed by atoms with E-state index in [9.17, 15) is 0 Å². The Morgan fingerprint density at radius 3 is 2.73 bits per heavy atom. The normalized spacial score (nSPS) is 17.9. The van der Waals surface area contributed by atoms with E-state index in [1.165, 1.54) is 11.9 Å². The van der Waals surface area contributed by atoms with E-state index in [1.807, 2.05) is 32.0 Å². The Bertz CT molecular complexity index is 929. The van der Waals surface area contributed by atoms with Gasteiger partial charge in [-0.3, -0.25) is 4.90 Å². The van der Waals surface area contributed by atoms with Crippen LogP contribution in [0.25, 0.3) is 11.0 Å². The van der Waals surface area contributed by atoms with Gasteiger partial charge in [-0.1, -0.05) is 12.1 Å². The number of likely N-dealkylation sites (tertiary alicyclic amines) is 1. The van der Waals surface area contributed by atoms with Crippen molar-refractivity contribution in [1.82, 2.24) is 24.4 Å². The van der Waals surface area contributed by atoms with E-state index in [0.717, 1.165) is 48.2 Å². The van der Waals surface area contributed by atoms with Crippen LogP contribution in [-0.4, -0.2) is 45.1 Å². The maximum absolute atomic E-state index is 4.85. The highest BCUT2D eigenvalue weighted by molar-refractivity contribution is 5.75. The number of anilines is 1. The first-order chi connectivity index (χ1) is 12.5. The van der Waals surface area contributed by atoms with Crippen molar-refractivity contribution >= 4 is 16.9 Å². The molecule has 0 bridgehead atoms. The van der Waals surface area contributed by atoms with E-state index in [2.05, 4.69) is 45.8 Å². The molecule has 6 nitrogen and oxygen atoms in total. The summed E-state index contributed by atoms with van der Waals surface area (Å²) in [5, 5.41) is 0. The molecule has 1 aliphatic rings. The van der Waals surface area contributed by atoms with Gasteiger partial charge in [-0.15, -0.1) is 0 Å². The second-order valence-corrected chi connectivity index (χ2v) is 7.30. The average molecular weight is 350 g/mol. The molecule has 0 spiro atoms. The summed E-state index contributed by atoms with van der Waals surface area (Å²) in [7, 11) is 6.16. The van der Waals surface area contributed by atoms with E-state index in [4.69, 9.17) is 9.97 Å². The van der Waals surface area contributed by atoms with Crippen molar-refractivity contribution in [2.45, 2.75) is 32.4 Å². The summed E-state index contributed by atoms with van der Waals surface area (Å²) in [4.78, 5) is 18.7. The number of imidazole rings is 1. The maximum Gasteiger partial charge on any atom is 0.132 e. The standard InChI is InChI=1S/C20H26N6/c1-14-21-16(12-19(22-14)24(2)3)18-10-7-11-26(18)13-20-23-15-8-5-6-9-17(15)25(20)4/h5-6,8-9,12,18H,7,10-11,13H2,1-4H3/t18-/m0/s1. The Kier molecular flexibility index (Phi) is 4.36. The molecule has 0 saturated carbocycles. The van der Waals surface area contributed by atoms with E-state index >= 15 is 0 Å². The number of aryl methyl sites for hydroxylation is 2. The zero-order chi connectivity index (χ0) is 18.3. The van der Waals surface area contributed by atoms with Crippen LogP contribution in [0, 0.1) is 6.92 Å². The lowest BCUT2D eigenvalue weighted by atomic mass is 10.1. The highest BCUT2D eigenvalue weighted by Gasteiger charge is 2.29. The van der Waals surface area contributed by atoms with Crippen LogP contribution in [0.5, 0.6) is 0 Å². The first-order valence-electron chi connectivity index (χ1n) is 9.20. The van der Waals surface area contributed by atoms with Crippen molar-refractivity contribution in [2.24, 2.45) is 7.05 Å². The molecule has 0 amide bonds. The molecule has 1 aliphatic heterocycles. The third kappa shape index (κ3) is 3.05. The fourth-order valence-corrected chi connectivity index (χ4v) is 3.84. The molecule has 3 heterocycles. The molecule has 6 heteroatoms. The molecule has 1 fully saturated rings. The van der Waals surface area contributed by atoms with Crippen LogP contribution in [0.3, 0.4) is 0 Å². The molecular formula is C20H26N6. The molecule has 1 aromatic carbocycles. The summed E-state index contributed by atoms with van der Waals surface area (Å²) < 4.78 is 2.21. The van der Waals surface area contributed by atoms with E-state index in [0.29, 0.717) is 6.04 Å². The van der Waals surface area contributed by atoms with Crippen molar-refractivity contribution in [2.75, 3.05) is 25.5 Å². The van der Waals surface area contributed by atoms with Crippen molar-refractivity contribution < 1.29 is 0 Å². The monoisotopic (exact) mass is 350 g/mol. The summed E-state index contributed by atoms with van der Waals surface area (Å²) in [6.45, 7) is 3.89. The van der Waals surface area contributed by atoms with Gasteiger partial charge in [0.2, 0.25) is 0 Å². The predicted octanol–water partition coefficient (Wildman–Crippen LogP) is 3.07. The Morgan fingerprint density at radius 1 is 1.15 bits per heavy atom. The number of benzene rings is 1. The summed E-state index contributed by atoms with van der Waals surface area (Å²) in [6, 6.07) is 10.8. The number of rotatable bonds is 4. The summed E-state index contributed by atoms with van der Waals surface area (Å²) in [5.74, 6) is 2.92. The molecule has 136 valence electrons. The number of aromatic nitrogens is 4. The third-order valence-corrected chi connectivity index (χ3v) is 5.23. The van der Waals surface area contributed by atoms with Gasteiger partial charge in [0.1, 0.15) is 17.5 Å². The molecule has 0 unspecified atom stereocenters. The minimum Gasteiger partial charge on any atom is -0.363 e. The highest BCUT2D eigenvalue weighted by Crippen LogP contribution is 2.33. The summed E-state index contributed by atoms with van der Waals surface area (Å²) in [5.41, 5.74) is 3.37. The van der Waals surface area contributed by atoms with Crippen LogP contribution in [-0.2, 0) is 13.6 Å². The van der Waals surface area contributed by atoms with Gasteiger partial charge in [-0.05, 0) is 38.4 Å². The van der Waals surface area contributed by atoms with Crippen molar-refractivity contribution in [3.05, 3.63) is 47.7 Å². The second-order valence-electron chi connectivity index (χ2n) is 7.30. The number of hydrogen-bond acceptors (Lipinski definition) is 5.